The number of piperazine rings is 1. The van der Waals surface area contributed by atoms with E-state index in [9.17, 15) is 34.5 Å². The summed E-state index contributed by atoms with van der Waals surface area (Å²) in [5.74, 6) is -0.952. The largest absolute Gasteiger partial charge is 0.466 e. The molecule has 3 unspecified atom stereocenters. The van der Waals surface area contributed by atoms with Crippen LogP contribution in [0.4, 0.5) is 0 Å². The van der Waals surface area contributed by atoms with E-state index in [1.165, 1.54) is 161 Å². The van der Waals surface area contributed by atoms with Crippen molar-refractivity contribution >= 4 is 23.9 Å². The van der Waals surface area contributed by atoms with E-state index in [2.05, 4.69) is 42.4 Å². The van der Waals surface area contributed by atoms with Gasteiger partial charge in [0.2, 0.25) is 0 Å². The zero-order valence-electron chi connectivity index (χ0n) is 55.8. The summed E-state index contributed by atoms with van der Waals surface area (Å²) in [6.07, 6.45) is 43.8. The fraction of sp³-hybridized carbons (Fsp3) is 0.943. The predicted molar refractivity (Wildman–Crippen MR) is 349 cm³/mol. The first-order valence-corrected chi connectivity index (χ1v) is 36.0. The molecule has 0 aliphatic carbocycles. The van der Waals surface area contributed by atoms with Gasteiger partial charge in [-0.15, -0.1) is 0 Å². The fourth-order valence-electron chi connectivity index (χ4n) is 11.5. The quantitative estimate of drug-likeness (QED) is 0.0297. The van der Waals surface area contributed by atoms with E-state index in [1.54, 1.807) is 0 Å². The summed E-state index contributed by atoms with van der Waals surface area (Å²) in [4.78, 5) is 59.5. The molecule has 502 valence electrons. The second-order valence-corrected chi connectivity index (χ2v) is 25.3. The molecule has 0 bridgehead atoms. The number of unbranched alkanes of at least 4 members (excludes halogenated alkanes) is 32. The number of hydrogen-bond donors (Lipinski definition) is 3. The van der Waals surface area contributed by atoms with E-state index >= 15 is 0 Å². The van der Waals surface area contributed by atoms with E-state index in [1.807, 2.05) is 4.90 Å². The van der Waals surface area contributed by atoms with Gasteiger partial charge in [-0.1, -0.05) is 233 Å². The van der Waals surface area contributed by atoms with Gasteiger partial charge >= 0.3 is 23.9 Å². The Kier molecular flexibility index (Phi) is 57.4. The number of nitrogens with zero attached hydrogens (tertiary/aromatic N) is 4. The molecule has 0 aromatic rings. The van der Waals surface area contributed by atoms with Gasteiger partial charge in [-0.25, -0.2) is 0 Å². The average Bonchev–Trinajstić information content (AvgIpc) is 3.49. The van der Waals surface area contributed by atoms with Crippen molar-refractivity contribution in [3.8, 4) is 0 Å². The second kappa shape index (κ2) is 60.5. The number of hydrogen-bond acceptors (Lipinski definition) is 15. The molecule has 3 N–H and O–H groups in total. The monoisotopic (exact) mass is 1210 g/mol. The van der Waals surface area contributed by atoms with Crippen LogP contribution in [-0.4, -0.2) is 182 Å². The minimum atomic E-state index is -0.912. The topological polar surface area (TPSA) is 179 Å². The number of aliphatic hydroxyl groups excluding tert-OH is 3. The van der Waals surface area contributed by atoms with Gasteiger partial charge < -0.3 is 49.0 Å². The van der Waals surface area contributed by atoms with E-state index in [4.69, 9.17) is 18.9 Å². The summed E-state index contributed by atoms with van der Waals surface area (Å²) >= 11 is 0. The molecular weight excluding hydrogens is 1070 g/mol. The van der Waals surface area contributed by atoms with Gasteiger partial charge in [0, 0.05) is 78.0 Å². The molecule has 0 amide bonds. The van der Waals surface area contributed by atoms with Crippen LogP contribution in [0.5, 0.6) is 0 Å². The van der Waals surface area contributed by atoms with Crippen LogP contribution >= 0.6 is 0 Å². The zero-order valence-corrected chi connectivity index (χ0v) is 55.8. The van der Waals surface area contributed by atoms with Gasteiger partial charge in [0.05, 0.1) is 6.61 Å². The molecule has 1 aliphatic rings. The Balaban J connectivity index is 2.67. The van der Waals surface area contributed by atoms with Gasteiger partial charge in [0.15, 0.2) is 0 Å². The predicted octanol–water partition coefficient (Wildman–Crippen LogP) is 14.3. The highest BCUT2D eigenvalue weighted by Gasteiger charge is 2.22. The molecule has 1 heterocycles. The molecular formula is C70H136N4O11. The smallest absolute Gasteiger partial charge is 0.305 e. The number of aliphatic hydroxyl groups is 3. The van der Waals surface area contributed by atoms with E-state index in [0.29, 0.717) is 58.3 Å². The third-order valence-corrected chi connectivity index (χ3v) is 16.9. The number of ether oxygens (including phenoxy) is 4. The Morgan fingerprint density at radius 3 is 0.847 bits per heavy atom. The zero-order chi connectivity index (χ0) is 61.9. The van der Waals surface area contributed by atoms with Gasteiger partial charge in [0.25, 0.3) is 0 Å². The highest BCUT2D eigenvalue weighted by molar-refractivity contribution is 5.70. The average molecular weight is 1210 g/mol. The molecule has 1 fully saturated rings. The molecule has 0 saturated carbocycles. The Bertz CT molecular complexity index is 1460. The third kappa shape index (κ3) is 54.3. The molecule has 0 spiro atoms. The summed E-state index contributed by atoms with van der Waals surface area (Å²) in [6, 6.07) is 0. The van der Waals surface area contributed by atoms with Gasteiger partial charge in [-0.2, -0.15) is 0 Å². The van der Waals surface area contributed by atoms with Crippen LogP contribution in [0, 0.1) is 0 Å². The van der Waals surface area contributed by atoms with Crippen LogP contribution < -0.4 is 0 Å². The standard InChI is InChI=1S/C70H136N4O11/c1-5-9-13-17-21-25-29-33-37-44-67(78)82-57-43-52-73(58-64(75)61-83-68(79)45-38-34-30-26-22-18-14-10-6-2)50-41-48-71-53-55-72(56-54-71)49-42-51-74(59-65(76)62-84-69(80)46-39-35-31-27-23-19-15-11-7-3)60-66(77)63-85-70(81)47-40-36-32-28-24-20-16-12-8-4/h64-66,75-77H,5-63H2,1-4H3. The van der Waals surface area contributed by atoms with E-state index in [0.717, 1.165) is 129 Å². The highest BCUT2D eigenvalue weighted by Crippen LogP contribution is 2.16. The first-order chi connectivity index (χ1) is 41.5. The SMILES string of the molecule is CCCCCCCCCCCC(=O)OCCCN(CCCN1CCN(CCCN(CC(O)COC(=O)CCCCCCCCCCC)CC(O)COC(=O)CCCCCCCCCCC)CC1)CC(O)COC(=O)CCCCCCCCCCC. The van der Waals surface area contributed by atoms with Crippen molar-refractivity contribution < 1.29 is 53.4 Å². The lowest BCUT2D eigenvalue weighted by atomic mass is 10.1. The van der Waals surface area contributed by atoms with Gasteiger partial charge in [-0.3, -0.25) is 24.1 Å². The van der Waals surface area contributed by atoms with E-state index in [-0.39, 0.29) is 56.8 Å². The van der Waals surface area contributed by atoms with Crippen molar-refractivity contribution in [1.29, 1.82) is 0 Å². The van der Waals surface area contributed by atoms with Crippen LogP contribution in [0.1, 0.15) is 304 Å². The molecule has 0 aromatic heterocycles. The lowest BCUT2D eigenvalue weighted by Gasteiger charge is -2.35. The number of carbonyl (C=O) groups excluding carboxylic acids is 4. The number of carbonyl (C=O) groups is 4. The normalized spacial score (nSPS) is 14.3. The Labute approximate surface area is 521 Å². The molecule has 0 aromatic carbocycles. The Morgan fingerprint density at radius 1 is 0.318 bits per heavy atom. The molecule has 1 saturated heterocycles. The number of esters is 4. The van der Waals surface area contributed by atoms with Gasteiger partial charge in [0.1, 0.15) is 38.1 Å². The second-order valence-electron chi connectivity index (χ2n) is 25.3. The van der Waals surface area contributed by atoms with Gasteiger partial charge in [-0.05, 0) is 71.1 Å². The maximum atomic E-state index is 12.6. The summed E-state index contributed by atoms with van der Waals surface area (Å²) in [5.41, 5.74) is 0. The van der Waals surface area contributed by atoms with Crippen molar-refractivity contribution in [1.82, 2.24) is 19.6 Å². The Hall–Kier alpha value is -2.40. The van der Waals surface area contributed by atoms with Crippen LogP contribution in [0.25, 0.3) is 0 Å². The molecule has 85 heavy (non-hydrogen) atoms. The van der Waals surface area contributed by atoms with Crippen LogP contribution in [-0.2, 0) is 38.1 Å². The summed E-state index contributed by atoms with van der Waals surface area (Å²) < 4.78 is 22.2. The van der Waals surface area contributed by atoms with E-state index < -0.39 is 18.3 Å². The first-order valence-electron chi connectivity index (χ1n) is 36.0. The molecule has 0 radical (unpaired) electrons. The van der Waals surface area contributed by atoms with Crippen molar-refractivity contribution in [2.75, 3.05) is 105 Å². The van der Waals surface area contributed by atoms with Crippen molar-refractivity contribution in [2.45, 2.75) is 322 Å². The van der Waals surface area contributed by atoms with Crippen molar-refractivity contribution in [2.24, 2.45) is 0 Å². The summed E-state index contributed by atoms with van der Waals surface area (Å²) in [7, 11) is 0. The summed E-state index contributed by atoms with van der Waals surface area (Å²) in [5, 5.41) is 33.2. The first kappa shape index (κ1) is 80.6. The minimum absolute atomic E-state index is 0.0226. The van der Waals surface area contributed by atoms with Crippen LogP contribution in [0.15, 0.2) is 0 Å². The molecule has 15 heteroatoms. The maximum Gasteiger partial charge on any atom is 0.305 e. The minimum Gasteiger partial charge on any atom is -0.466 e. The third-order valence-electron chi connectivity index (χ3n) is 16.9. The number of rotatable bonds is 64. The van der Waals surface area contributed by atoms with Crippen LogP contribution in [0.3, 0.4) is 0 Å². The Morgan fingerprint density at radius 2 is 0.553 bits per heavy atom. The molecule has 3 atom stereocenters. The molecule has 1 rings (SSSR count). The molecule has 15 nitrogen and oxygen atoms in total. The van der Waals surface area contributed by atoms with Crippen molar-refractivity contribution in [3.63, 3.8) is 0 Å². The lowest BCUT2D eigenvalue weighted by molar-refractivity contribution is -0.148. The summed E-state index contributed by atoms with van der Waals surface area (Å²) in [6.45, 7) is 17.4. The maximum absolute atomic E-state index is 12.6. The molecule has 1 aliphatic heterocycles. The lowest BCUT2D eigenvalue weighted by Crippen LogP contribution is -2.48. The van der Waals surface area contributed by atoms with Crippen molar-refractivity contribution in [3.05, 3.63) is 0 Å². The highest BCUT2D eigenvalue weighted by atomic mass is 16.6. The van der Waals surface area contributed by atoms with Crippen LogP contribution in [0.2, 0.25) is 0 Å². The fourth-order valence-corrected chi connectivity index (χ4v) is 11.5.